The van der Waals surface area contributed by atoms with Gasteiger partial charge in [0.05, 0.1) is 0 Å². The lowest BCUT2D eigenvalue weighted by atomic mass is 9.91. The summed E-state index contributed by atoms with van der Waals surface area (Å²) in [4.78, 5) is 21.4. The second kappa shape index (κ2) is 5.45. The van der Waals surface area contributed by atoms with Crippen molar-refractivity contribution in [1.82, 2.24) is 0 Å². The van der Waals surface area contributed by atoms with E-state index in [2.05, 4.69) is 0 Å². The molecule has 5 heteroatoms. The molecule has 92 valence electrons. The molecular formula is C12H14O5. The Morgan fingerprint density at radius 3 is 2.29 bits per heavy atom. The Balaban J connectivity index is 2.78. The van der Waals surface area contributed by atoms with Crippen LogP contribution in [0.5, 0.6) is 0 Å². The van der Waals surface area contributed by atoms with Crippen LogP contribution in [0.2, 0.25) is 0 Å². The fourth-order valence-electron chi connectivity index (χ4n) is 1.52. The minimum Gasteiger partial charge on any atom is -0.481 e. The van der Waals surface area contributed by atoms with E-state index in [0.29, 0.717) is 5.56 Å². The lowest BCUT2D eigenvalue weighted by Gasteiger charge is -2.22. The second-order valence-corrected chi connectivity index (χ2v) is 3.89. The summed E-state index contributed by atoms with van der Waals surface area (Å²) in [6, 6.07) is 8.62. The predicted octanol–water partition coefficient (Wildman–Crippen LogP) is 0.910. The number of carboxylic acid groups (broad SMARTS) is 2. The van der Waals surface area contributed by atoms with E-state index in [4.69, 9.17) is 10.2 Å². The zero-order valence-corrected chi connectivity index (χ0v) is 9.17. The van der Waals surface area contributed by atoms with Crippen LogP contribution in [0, 0.1) is 0 Å². The van der Waals surface area contributed by atoms with Crippen molar-refractivity contribution < 1.29 is 24.9 Å². The Morgan fingerprint density at radius 2 is 1.82 bits per heavy atom. The number of hydrogen-bond donors (Lipinski definition) is 3. The van der Waals surface area contributed by atoms with E-state index in [0.717, 1.165) is 0 Å². The molecule has 1 aromatic rings. The summed E-state index contributed by atoms with van der Waals surface area (Å²) in [7, 11) is 0. The van der Waals surface area contributed by atoms with Gasteiger partial charge in [0.2, 0.25) is 0 Å². The highest BCUT2D eigenvalue weighted by Crippen LogP contribution is 2.19. The van der Waals surface area contributed by atoms with Gasteiger partial charge in [0.1, 0.15) is 0 Å². The van der Waals surface area contributed by atoms with Gasteiger partial charge in [-0.25, -0.2) is 4.79 Å². The van der Waals surface area contributed by atoms with Crippen molar-refractivity contribution in [2.24, 2.45) is 0 Å². The van der Waals surface area contributed by atoms with Crippen LogP contribution in [-0.4, -0.2) is 32.9 Å². The summed E-state index contributed by atoms with van der Waals surface area (Å²) < 4.78 is 0. The summed E-state index contributed by atoms with van der Waals surface area (Å²) in [5.74, 6) is -2.53. The molecule has 0 heterocycles. The Kier molecular flexibility index (Phi) is 4.23. The third-order valence-electron chi connectivity index (χ3n) is 2.49. The van der Waals surface area contributed by atoms with Gasteiger partial charge in [0.15, 0.2) is 5.60 Å². The number of carboxylic acids is 2. The lowest BCUT2D eigenvalue weighted by molar-refractivity contribution is -0.160. The fourth-order valence-corrected chi connectivity index (χ4v) is 1.52. The van der Waals surface area contributed by atoms with Crippen LogP contribution in [0.15, 0.2) is 30.3 Å². The lowest BCUT2D eigenvalue weighted by Crippen LogP contribution is -2.41. The largest absolute Gasteiger partial charge is 0.481 e. The van der Waals surface area contributed by atoms with Gasteiger partial charge in [0.25, 0.3) is 0 Å². The van der Waals surface area contributed by atoms with E-state index >= 15 is 0 Å². The van der Waals surface area contributed by atoms with Crippen molar-refractivity contribution >= 4 is 11.9 Å². The number of benzene rings is 1. The standard InChI is InChI=1S/C12H14O5/c13-10(14)6-7-12(17,11(15)16)8-9-4-2-1-3-5-9/h1-5,17H,6-8H2,(H,13,14)(H,15,16)/t12-/m1/s1/i15+2,17+2. The molecule has 0 saturated carbocycles. The average molecular weight is 242 g/mol. The fraction of sp³-hybridized carbons (Fsp3) is 0.333. The number of rotatable bonds is 6. The zero-order chi connectivity index (χ0) is 12.9. The minimum absolute atomic E-state index is 0.101. The number of carbonyl (C=O) groups is 2. The molecule has 0 aliphatic carbocycles. The molecule has 1 atom stereocenters. The molecule has 0 fully saturated rings. The zero-order valence-electron chi connectivity index (χ0n) is 9.17. The monoisotopic (exact) mass is 242 g/mol. The van der Waals surface area contributed by atoms with E-state index in [1.807, 2.05) is 0 Å². The smallest absolute Gasteiger partial charge is 0.336 e. The van der Waals surface area contributed by atoms with Gasteiger partial charge in [-0.15, -0.1) is 0 Å². The van der Waals surface area contributed by atoms with Crippen LogP contribution >= 0.6 is 0 Å². The SMILES string of the molecule is O=C(O)CC[C@@]([18OH])(Cc1ccccc1)C(=O)[18OH]. The topological polar surface area (TPSA) is 94.8 Å². The van der Waals surface area contributed by atoms with Gasteiger partial charge in [-0.2, -0.15) is 0 Å². The molecule has 0 aliphatic heterocycles. The molecule has 1 rings (SSSR count). The van der Waals surface area contributed by atoms with Crippen molar-refractivity contribution in [2.45, 2.75) is 24.9 Å². The molecule has 3 N–H and O–H groups in total. The van der Waals surface area contributed by atoms with Crippen LogP contribution < -0.4 is 0 Å². The Bertz CT molecular complexity index is 401. The molecule has 0 spiro atoms. The molecule has 0 unspecified atom stereocenters. The second-order valence-electron chi connectivity index (χ2n) is 3.89. The van der Waals surface area contributed by atoms with E-state index in [1.165, 1.54) is 0 Å². The van der Waals surface area contributed by atoms with Crippen molar-refractivity contribution in [3.63, 3.8) is 0 Å². The molecule has 0 aliphatic rings. The molecule has 5 nitrogen and oxygen atoms in total. The number of hydrogen-bond acceptors (Lipinski definition) is 3. The summed E-state index contributed by atoms with van der Waals surface area (Å²) in [5, 5.41) is 27.4. The molecule has 0 radical (unpaired) electrons. The van der Waals surface area contributed by atoms with Crippen molar-refractivity contribution in [3.05, 3.63) is 35.9 Å². The molecule has 0 aromatic heterocycles. The van der Waals surface area contributed by atoms with Crippen LogP contribution in [0.25, 0.3) is 0 Å². The molecule has 1 aromatic carbocycles. The normalized spacial score (nSPS) is 13.9. The highest BCUT2D eigenvalue weighted by Gasteiger charge is 2.36. The third kappa shape index (κ3) is 3.88. The maximum atomic E-state index is 11.0. The van der Waals surface area contributed by atoms with E-state index in [9.17, 15) is 14.7 Å². The maximum absolute atomic E-state index is 11.0. The molecule has 0 saturated heterocycles. The van der Waals surface area contributed by atoms with Crippen LogP contribution in [0.4, 0.5) is 0 Å². The molecule has 0 amide bonds. The van der Waals surface area contributed by atoms with Gasteiger partial charge in [-0.05, 0) is 12.0 Å². The summed E-state index contributed by atoms with van der Waals surface area (Å²) in [6.45, 7) is 0. The quantitative estimate of drug-likeness (QED) is 0.644. The Labute approximate surface area is 98.3 Å². The maximum Gasteiger partial charge on any atom is 0.336 e. The number of aliphatic hydroxyl groups is 1. The minimum atomic E-state index is -2.03. The highest BCUT2D eigenvalue weighted by atomic mass is 18.2. The summed E-state index contributed by atoms with van der Waals surface area (Å²) in [5.41, 5.74) is -1.37. The average Bonchev–Trinajstić information content (AvgIpc) is 2.27. The van der Waals surface area contributed by atoms with Crippen molar-refractivity contribution in [3.8, 4) is 0 Å². The van der Waals surface area contributed by atoms with Gasteiger partial charge in [-0.3, -0.25) is 4.79 Å². The van der Waals surface area contributed by atoms with Gasteiger partial charge in [0, 0.05) is 12.8 Å². The van der Waals surface area contributed by atoms with Crippen molar-refractivity contribution in [2.75, 3.05) is 0 Å². The van der Waals surface area contributed by atoms with E-state index in [-0.39, 0.29) is 19.3 Å². The van der Waals surface area contributed by atoms with Gasteiger partial charge >= 0.3 is 11.9 Å². The molecule has 0 bridgehead atoms. The Morgan fingerprint density at radius 1 is 1.24 bits per heavy atom. The van der Waals surface area contributed by atoms with Crippen molar-refractivity contribution in [1.29, 1.82) is 0 Å². The third-order valence-corrected chi connectivity index (χ3v) is 2.49. The predicted molar refractivity (Wildman–Crippen MR) is 59.6 cm³/mol. The first-order valence-electron chi connectivity index (χ1n) is 5.15. The summed E-state index contributed by atoms with van der Waals surface area (Å²) in [6.07, 6.45) is -0.793. The highest BCUT2D eigenvalue weighted by molar-refractivity contribution is 5.78. The molecular weight excluding hydrogens is 228 g/mol. The van der Waals surface area contributed by atoms with Crippen LogP contribution in [-0.2, 0) is 16.0 Å². The van der Waals surface area contributed by atoms with E-state index in [1.54, 1.807) is 30.3 Å². The first-order chi connectivity index (χ1) is 7.94. The first-order valence-corrected chi connectivity index (χ1v) is 5.15. The van der Waals surface area contributed by atoms with Crippen LogP contribution in [0.3, 0.4) is 0 Å². The van der Waals surface area contributed by atoms with E-state index < -0.39 is 17.5 Å². The van der Waals surface area contributed by atoms with Gasteiger partial charge in [-0.1, -0.05) is 30.3 Å². The Hall–Kier alpha value is -1.88. The number of aliphatic carboxylic acids is 2. The van der Waals surface area contributed by atoms with Gasteiger partial charge < -0.3 is 15.3 Å². The van der Waals surface area contributed by atoms with Crippen LogP contribution in [0.1, 0.15) is 18.4 Å². The summed E-state index contributed by atoms with van der Waals surface area (Å²) >= 11 is 0. The molecule has 17 heavy (non-hydrogen) atoms. The first kappa shape index (κ1) is 13.2.